The van der Waals surface area contributed by atoms with Crippen LogP contribution in [0.5, 0.6) is 11.5 Å². The average Bonchev–Trinajstić information content (AvgIpc) is 2.49. The Hall–Kier alpha value is -1.95. The van der Waals surface area contributed by atoms with E-state index in [9.17, 15) is 4.79 Å². The van der Waals surface area contributed by atoms with Gasteiger partial charge >= 0.3 is 6.09 Å². The number of hydrogen-bond donors (Lipinski definition) is 2. The molecule has 0 fully saturated rings. The number of carbonyl (C=O) groups is 1. The molecule has 1 aliphatic heterocycles. The van der Waals surface area contributed by atoms with Crippen molar-refractivity contribution in [2.75, 3.05) is 26.8 Å². The fraction of sp³-hybridized carbons (Fsp3) is 0.588. The molecule has 6 heteroatoms. The lowest BCUT2D eigenvalue weighted by Gasteiger charge is -2.27. The molecule has 128 valence electrons. The number of carbonyl (C=O) groups excluding carboxylic acids is 1. The van der Waals surface area contributed by atoms with E-state index in [4.69, 9.17) is 14.2 Å². The lowest BCUT2D eigenvalue weighted by Crippen LogP contribution is -2.38. The fourth-order valence-corrected chi connectivity index (χ4v) is 2.44. The molecular formula is C17H26N2O4. The highest BCUT2D eigenvalue weighted by Gasteiger charge is 2.22. The molecule has 1 amide bonds. The van der Waals surface area contributed by atoms with Crippen LogP contribution >= 0.6 is 0 Å². The van der Waals surface area contributed by atoms with Crippen LogP contribution in [0.1, 0.15) is 38.8 Å². The zero-order valence-corrected chi connectivity index (χ0v) is 14.3. The standard InChI is InChI=1S/C17H26N2O4/c1-17(2,3)23-16(20)19-9-8-18-14-7-10-22-15-6-5-12(21-4)11-13(14)15/h5-6,11,14,18H,7-10H2,1-4H3,(H,19,20). The molecule has 0 radical (unpaired) electrons. The number of alkyl carbamates (subject to hydrolysis) is 1. The average molecular weight is 322 g/mol. The van der Waals surface area contributed by atoms with Crippen molar-refractivity contribution in [2.24, 2.45) is 0 Å². The van der Waals surface area contributed by atoms with E-state index in [0.717, 1.165) is 23.5 Å². The Balaban J connectivity index is 1.82. The summed E-state index contributed by atoms with van der Waals surface area (Å²) in [6.07, 6.45) is 0.487. The Morgan fingerprint density at radius 3 is 2.83 bits per heavy atom. The van der Waals surface area contributed by atoms with E-state index >= 15 is 0 Å². The second-order valence-corrected chi connectivity index (χ2v) is 6.48. The number of methoxy groups -OCH3 is 1. The van der Waals surface area contributed by atoms with E-state index < -0.39 is 11.7 Å². The number of fused-ring (bicyclic) bond motifs is 1. The van der Waals surface area contributed by atoms with Crippen LogP contribution in [0, 0.1) is 0 Å². The maximum absolute atomic E-state index is 11.6. The molecule has 0 bridgehead atoms. The highest BCUT2D eigenvalue weighted by molar-refractivity contribution is 5.67. The first-order valence-corrected chi connectivity index (χ1v) is 7.90. The van der Waals surface area contributed by atoms with Crippen molar-refractivity contribution in [3.05, 3.63) is 23.8 Å². The minimum Gasteiger partial charge on any atom is -0.497 e. The minimum absolute atomic E-state index is 0.189. The molecule has 0 aliphatic carbocycles. The molecule has 1 aliphatic rings. The Morgan fingerprint density at radius 2 is 2.13 bits per heavy atom. The predicted octanol–water partition coefficient (Wildman–Crippen LogP) is 2.63. The molecule has 23 heavy (non-hydrogen) atoms. The van der Waals surface area contributed by atoms with Crippen LogP contribution < -0.4 is 20.1 Å². The molecule has 1 aromatic rings. The fourth-order valence-electron chi connectivity index (χ4n) is 2.44. The number of rotatable bonds is 5. The van der Waals surface area contributed by atoms with Crippen LogP contribution in [-0.2, 0) is 4.74 Å². The van der Waals surface area contributed by atoms with Crippen molar-refractivity contribution in [3.8, 4) is 11.5 Å². The third-order valence-electron chi connectivity index (χ3n) is 3.44. The Morgan fingerprint density at radius 1 is 1.35 bits per heavy atom. The van der Waals surface area contributed by atoms with Gasteiger partial charge in [-0.1, -0.05) is 0 Å². The molecule has 0 spiro atoms. The second-order valence-electron chi connectivity index (χ2n) is 6.48. The molecule has 0 saturated heterocycles. The van der Waals surface area contributed by atoms with Crippen molar-refractivity contribution in [1.29, 1.82) is 0 Å². The summed E-state index contributed by atoms with van der Waals surface area (Å²) >= 11 is 0. The zero-order valence-electron chi connectivity index (χ0n) is 14.3. The molecule has 6 nitrogen and oxygen atoms in total. The SMILES string of the molecule is COc1ccc2c(c1)C(NCCNC(=O)OC(C)(C)C)CCO2. The summed E-state index contributed by atoms with van der Waals surface area (Å²) in [5, 5.41) is 6.19. The second kappa shape index (κ2) is 7.55. The van der Waals surface area contributed by atoms with Crippen molar-refractivity contribution in [3.63, 3.8) is 0 Å². The molecule has 1 heterocycles. The van der Waals surface area contributed by atoms with E-state index in [1.165, 1.54) is 0 Å². The summed E-state index contributed by atoms with van der Waals surface area (Å²) in [5.74, 6) is 1.70. The number of benzene rings is 1. The molecule has 2 rings (SSSR count). The summed E-state index contributed by atoms with van der Waals surface area (Å²) in [6.45, 7) is 7.37. The van der Waals surface area contributed by atoms with Crippen LogP contribution in [0.3, 0.4) is 0 Å². The Labute approximate surface area is 137 Å². The summed E-state index contributed by atoms with van der Waals surface area (Å²) in [5.41, 5.74) is 0.612. The molecule has 0 aromatic heterocycles. The van der Waals surface area contributed by atoms with Gasteiger partial charge in [0, 0.05) is 31.1 Å². The van der Waals surface area contributed by atoms with E-state index in [1.54, 1.807) is 7.11 Å². The first-order chi connectivity index (χ1) is 10.9. The lowest BCUT2D eigenvalue weighted by molar-refractivity contribution is 0.0527. The molecule has 1 unspecified atom stereocenters. The van der Waals surface area contributed by atoms with E-state index in [1.807, 2.05) is 39.0 Å². The minimum atomic E-state index is -0.478. The van der Waals surface area contributed by atoms with Gasteiger partial charge in [0.25, 0.3) is 0 Å². The molecule has 1 atom stereocenters. The molecule has 0 saturated carbocycles. The number of amides is 1. The summed E-state index contributed by atoms with van der Waals surface area (Å²) in [4.78, 5) is 11.6. The van der Waals surface area contributed by atoms with Crippen LogP contribution in [0.25, 0.3) is 0 Å². The number of nitrogens with one attached hydrogen (secondary N) is 2. The molecule has 2 N–H and O–H groups in total. The van der Waals surface area contributed by atoms with Gasteiger partial charge in [0.15, 0.2) is 0 Å². The monoisotopic (exact) mass is 322 g/mol. The molecular weight excluding hydrogens is 296 g/mol. The van der Waals surface area contributed by atoms with Crippen molar-refractivity contribution in [1.82, 2.24) is 10.6 Å². The van der Waals surface area contributed by atoms with Crippen molar-refractivity contribution < 1.29 is 19.0 Å². The number of hydrogen-bond acceptors (Lipinski definition) is 5. The van der Waals surface area contributed by atoms with Crippen LogP contribution in [0.2, 0.25) is 0 Å². The van der Waals surface area contributed by atoms with E-state index in [-0.39, 0.29) is 6.04 Å². The smallest absolute Gasteiger partial charge is 0.407 e. The van der Waals surface area contributed by atoms with Gasteiger partial charge < -0.3 is 24.8 Å². The Bertz CT molecular complexity index is 540. The third-order valence-corrected chi connectivity index (χ3v) is 3.44. The van der Waals surface area contributed by atoms with E-state index in [2.05, 4.69) is 10.6 Å². The largest absolute Gasteiger partial charge is 0.497 e. The van der Waals surface area contributed by atoms with Gasteiger partial charge in [-0.2, -0.15) is 0 Å². The van der Waals surface area contributed by atoms with Gasteiger partial charge in [0.05, 0.1) is 13.7 Å². The summed E-state index contributed by atoms with van der Waals surface area (Å²) < 4.78 is 16.1. The highest BCUT2D eigenvalue weighted by Crippen LogP contribution is 2.34. The van der Waals surface area contributed by atoms with Crippen LogP contribution in [0.4, 0.5) is 4.79 Å². The van der Waals surface area contributed by atoms with Gasteiger partial charge in [0.1, 0.15) is 17.1 Å². The van der Waals surface area contributed by atoms with Crippen LogP contribution in [-0.4, -0.2) is 38.5 Å². The zero-order chi connectivity index (χ0) is 16.9. The topological polar surface area (TPSA) is 68.8 Å². The van der Waals surface area contributed by atoms with E-state index in [0.29, 0.717) is 19.7 Å². The Kier molecular flexibility index (Phi) is 5.71. The normalized spacial score (nSPS) is 17.0. The lowest BCUT2D eigenvalue weighted by atomic mass is 10.0. The first kappa shape index (κ1) is 17.4. The van der Waals surface area contributed by atoms with Gasteiger partial charge in [-0.3, -0.25) is 0 Å². The first-order valence-electron chi connectivity index (χ1n) is 7.90. The van der Waals surface area contributed by atoms with Gasteiger partial charge in [-0.15, -0.1) is 0 Å². The maximum atomic E-state index is 11.6. The number of ether oxygens (including phenoxy) is 3. The maximum Gasteiger partial charge on any atom is 0.407 e. The predicted molar refractivity (Wildman–Crippen MR) is 88.1 cm³/mol. The van der Waals surface area contributed by atoms with Crippen LogP contribution in [0.15, 0.2) is 18.2 Å². The summed E-state index contributed by atoms with van der Waals surface area (Å²) in [6, 6.07) is 6.01. The van der Waals surface area contributed by atoms with Gasteiger partial charge in [-0.05, 0) is 39.0 Å². The third kappa shape index (κ3) is 5.32. The summed E-state index contributed by atoms with van der Waals surface area (Å²) in [7, 11) is 1.65. The van der Waals surface area contributed by atoms with Gasteiger partial charge in [-0.25, -0.2) is 4.79 Å². The van der Waals surface area contributed by atoms with Gasteiger partial charge in [0.2, 0.25) is 0 Å². The molecule has 1 aromatic carbocycles. The van der Waals surface area contributed by atoms with Crippen molar-refractivity contribution >= 4 is 6.09 Å². The quantitative estimate of drug-likeness (QED) is 0.816. The highest BCUT2D eigenvalue weighted by atomic mass is 16.6. The van der Waals surface area contributed by atoms with Crippen molar-refractivity contribution in [2.45, 2.75) is 38.8 Å².